The molecule has 1 nitrogen and oxygen atoms in total. The van der Waals surface area contributed by atoms with Gasteiger partial charge in [0.15, 0.2) is 0 Å². The second-order valence-electron chi connectivity index (χ2n) is 7.48. The minimum Gasteiger partial charge on any atom is -0.314 e. The Morgan fingerprint density at radius 2 is 2.00 bits per heavy atom. The lowest BCUT2D eigenvalue weighted by molar-refractivity contribution is 0.263. The first-order valence-electron chi connectivity index (χ1n) is 7.78. The fourth-order valence-electron chi connectivity index (χ4n) is 3.92. The second kappa shape index (κ2) is 5.73. The van der Waals surface area contributed by atoms with Crippen LogP contribution in [-0.4, -0.2) is 12.6 Å². The Morgan fingerprint density at radius 3 is 2.65 bits per heavy atom. The highest BCUT2D eigenvalue weighted by Gasteiger charge is 2.30. The minimum atomic E-state index is 0.594. The molecule has 0 aliphatic heterocycles. The maximum atomic E-state index is 3.80. The fourth-order valence-corrected chi connectivity index (χ4v) is 3.92. The van der Waals surface area contributed by atoms with E-state index < -0.39 is 0 Å². The van der Waals surface area contributed by atoms with Crippen LogP contribution >= 0.6 is 0 Å². The van der Waals surface area contributed by atoms with Crippen molar-refractivity contribution >= 4 is 0 Å². The standard InChI is InChI=1S/C16H31N/c1-13-5-4-6-14(11-13)8-10-17-15-7-9-16(2,3)12-15/h13-15,17H,4-12H2,1-3H3. The van der Waals surface area contributed by atoms with Crippen molar-refractivity contribution in [2.45, 2.75) is 78.2 Å². The molecular weight excluding hydrogens is 206 g/mol. The highest BCUT2D eigenvalue weighted by Crippen LogP contribution is 2.37. The van der Waals surface area contributed by atoms with Crippen molar-refractivity contribution in [3.63, 3.8) is 0 Å². The lowest BCUT2D eigenvalue weighted by atomic mass is 9.81. The summed E-state index contributed by atoms with van der Waals surface area (Å²) in [6.07, 6.45) is 11.5. The maximum absolute atomic E-state index is 3.80. The van der Waals surface area contributed by atoms with Crippen LogP contribution in [-0.2, 0) is 0 Å². The molecule has 0 spiro atoms. The molecule has 0 aromatic heterocycles. The summed E-state index contributed by atoms with van der Waals surface area (Å²) in [5, 5.41) is 3.80. The summed E-state index contributed by atoms with van der Waals surface area (Å²) in [4.78, 5) is 0. The van der Waals surface area contributed by atoms with E-state index in [4.69, 9.17) is 0 Å². The van der Waals surface area contributed by atoms with Gasteiger partial charge in [-0.15, -0.1) is 0 Å². The van der Waals surface area contributed by atoms with E-state index in [0.29, 0.717) is 5.41 Å². The normalized spacial score (nSPS) is 37.2. The van der Waals surface area contributed by atoms with Crippen LogP contribution in [0.5, 0.6) is 0 Å². The summed E-state index contributed by atoms with van der Waals surface area (Å²) < 4.78 is 0. The molecule has 0 heterocycles. The molecule has 0 amide bonds. The van der Waals surface area contributed by atoms with Crippen LogP contribution in [0.2, 0.25) is 0 Å². The van der Waals surface area contributed by atoms with Gasteiger partial charge >= 0.3 is 0 Å². The molecule has 0 aromatic carbocycles. The highest BCUT2D eigenvalue weighted by molar-refractivity contribution is 4.86. The summed E-state index contributed by atoms with van der Waals surface area (Å²) in [7, 11) is 0. The lowest BCUT2D eigenvalue weighted by Gasteiger charge is -2.27. The van der Waals surface area contributed by atoms with Gasteiger partial charge in [-0.3, -0.25) is 0 Å². The van der Waals surface area contributed by atoms with Gasteiger partial charge < -0.3 is 5.32 Å². The zero-order valence-corrected chi connectivity index (χ0v) is 12.1. The van der Waals surface area contributed by atoms with Gasteiger partial charge in [-0.25, -0.2) is 0 Å². The second-order valence-corrected chi connectivity index (χ2v) is 7.48. The van der Waals surface area contributed by atoms with Crippen LogP contribution in [0.1, 0.15) is 72.1 Å². The van der Waals surface area contributed by atoms with Crippen molar-refractivity contribution < 1.29 is 0 Å². The van der Waals surface area contributed by atoms with Gasteiger partial charge in [0.25, 0.3) is 0 Å². The Hall–Kier alpha value is -0.0400. The van der Waals surface area contributed by atoms with Gasteiger partial charge in [0.2, 0.25) is 0 Å². The first kappa shape index (κ1) is 13.4. The number of nitrogens with one attached hydrogen (secondary N) is 1. The van der Waals surface area contributed by atoms with Crippen LogP contribution < -0.4 is 5.32 Å². The Kier molecular flexibility index (Phi) is 4.52. The van der Waals surface area contributed by atoms with Crippen molar-refractivity contribution in [1.29, 1.82) is 0 Å². The van der Waals surface area contributed by atoms with E-state index in [1.165, 1.54) is 57.9 Å². The zero-order chi connectivity index (χ0) is 12.3. The molecule has 17 heavy (non-hydrogen) atoms. The smallest absolute Gasteiger partial charge is 0.00723 e. The summed E-state index contributed by atoms with van der Waals surface area (Å²) in [6, 6.07) is 0.811. The lowest BCUT2D eigenvalue weighted by Crippen LogP contribution is -2.30. The van der Waals surface area contributed by atoms with Crippen LogP contribution in [0.15, 0.2) is 0 Å². The third-order valence-electron chi connectivity index (χ3n) is 5.00. The molecule has 2 aliphatic carbocycles. The van der Waals surface area contributed by atoms with E-state index in [-0.39, 0.29) is 0 Å². The van der Waals surface area contributed by atoms with E-state index in [1.807, 2.05) is 0 Å². The SMILES string of the molecule is CC1CCCC(CCNC2CCC(C)(C)C2)C1. The Bertz CT molecular complexity index is 232. The molecule has 0 saturated heterocycles. The molecule has 0 radical (unpaired) electrons. The molecule has 0 aromatic rings. The van der Waals surface area contributed by atoms with E-state index in [9.17, 15) is 0 Å². The van der Waals surface area contributed by atoms with Crippen molar-refractivity contribution in [2.24, 2.45) is 17.3 Å². The van der Waals surface area contributed by atoms with Crippen molar-refractivity contribution in [1.82, 2.24) is 5.32 Å². The maximum Gasteiger partial charge on any atom is 0.00723 e. The van der Waals surface area contributed by atoms with E-state index >= 15 is 0 Å². The predicted octanol–water partition coefficient (Wildman–Crippen LogP) is 4.37. The van der Waals surface area contributed by atoms with Gasteiger partial charge in [0.05, 0.1) is 0 Å². The molecule has 3 atom stereocenters. The third kappa shape index (κ3) is 4.28. The summed E-state index contributed by atoms with van der Waals surface area (Å²) >= 11 is 0. The molecule has 2 aliphatic rings. The molecule has 0 bridgehead atoms. The van der Waals surface area contributed by atoms with Gasteiger partial charge in [-0.05, 0) is 55.9 Å². The van der Waals surface area contributed by atoms with Crippen LogP contribution in [0.3, 0.4) is 0 Å². The predicted molar refractivity (Wildman–Crippen MR) is 75.2 cm³/mol. The molecule has 2 saturated carbocycles. The van der Waals surface area contributed by atoms with Gasteiger partial charge in [0, 0.05) is 6.04 Å². The summed E-state index contributed by atoms with van der Waals surface area (Å²) in [5.41, 5.74) is 0.594. The first-order valence-corrected chi connectivity index (χ1v) is 7.78. The van der Waals surface area contributed by atoms with Crippen molar-refractivity contribution in [2.75, 3.05) is 6.54 Å². The van der Waals surface area contributed by atoms with Crippen molar-refractivity contribution in [3.8, 4) is 0 Å². The summed E-state index contributed by atoms with van der Waals surface area (Å²) in [6.45, 7) is 8.52. The monoisotopic (exact) mass is 237 g/mol. The zero-order valence-electron chi connectivity index (χ0n) is 12.1. The van der Waals surface area contributed by atoms with Gasteiger partial charge in [0.1, 0.15) is 0 Å². The minimum absolute atomic E-state index is 0.594. The first-order chi connectivity index (χ1) is 8.05. The quantitative estimate of drug-likeness (QED) is 0.765. The molecule has 2 rings (SSSR count). The van der Waals surface area contributed by atoms with E-state index in [1.54, 1.807) is 0 Å². The topological polar surface area (TPSA) is 12.0 Å². The van der Waals surface area contributed by atoms with Gasteiger partial charge in [-0.2, -0.15) is 0 Å². The Labute approximate surface area is 108 Å². The number of hydrogen-bond acceptors (Lipinski definition) is 1. The Morgan fingerprint density at radius 1 is 1.18 bits per heavy atom. The average molecular weight is 237 g/mol. The fraction of sp³-hybridized carbons (Fsp3) is 1.00. The van der Waals surface area contributed by atoms with Gasteiger partial charge in [-0.1, -0.05) is 40.0 Å². The van der Waals surface area contributed by atoms with E-state index in [0.717, 1.165) is 17.9 Å². The van der Waals surface area contributed by atoms with Crippen molar-refractivity contribution in [3.05, 3.63) is 0 Å². The molecule has 100 valence electrons. The van der Waals surface area contributed by atoms with Crippen LogP contribution in [0, 0.1) is 17.3 Å². The Balaban J connectivity index is 1.60. The molecule has 2 fully saturated rings. The largest absolute Gasteiger partial charge is 0.314 e. The number of hydrogen-bond donors (Lipinski definition) is 1. The summed E-state index contributed by atoms with van der Waals surface area (Å²) in [5.74, 6) is 2.00. The number of rotatable bonds is 4. The third-order valence-corrected chi connectivity index (χ3v) is 5.00. The van der Waals surface area contributed by atoms with E-state index in [2.05, 4.69) is 26.1 Å². The molecule has 3 unspecified atom stereocenters. The van der Waals surface area contributed by atoms with Crippen LogP contribution in [0.4, 0.5) is 0 Å². The average Bonchev–Trinajstić information content (AvgIpc) is 2.58. The van der Waals surface area contributed by atoms with Crippen LogP contribution in [0.25, 0.3) is 0 Å². The molecular formula is C16H31N. The highest BCUT2D eigenvalue weighted by atomic mass is 14.9. The molecule has 1 heteroatoms. The molecule has 1 N–H and O–H groups in total.